The van der Waals surface area contributed by atoms with Crippen molar-refractivity contribution in [3.63, 3.8) is 0 Å². The second-order valence-corrected chi connectivity index (χ2v) is 7.32. The molecule has 1 N–H and O–H groups in total. The van der Waals surface area contributed by atoms with Gasteiger partial charge in [-0.3, -0.25) is 0 Å². The van der Waals surface area contributed by atoms with Crippen molar-refractivity contribution < 1.29 is 4.57 Å². The first-order valence-corrected chi connectivity index (χ1v) is 10.5. The van der Waals surface area contributed by atoms with Crippen LogP contribution in [-0.2, 0) is 13.0 Å². The normalized spacial score (nSPS) is 12.4. The molecule has 0 saturated carbocycles. The maximum absolute atomic E-state index is 3.55. The van der Waals surface area contributed by atoms with Gasteiger partial charge in [-0.05, 0) is 31.2 Å². The summed E-state index contributed by atoms with van der Waals surface area (Å²) < 4.78 is 2.47. The predicted octanol–water partition coefficient (Wildman–Crippen LogP) is 6.18. The number of aromatic nitrogens is 2. The third kappa shape index (κ3) is 7.05. The van der Waals surface area contributed by atoms with Crippen LogP contribution < -0.4 is 4.57 Å². The van der Waals surface area contributed by atoms with Gasteiger partial charge in [0.1, 0.15) is 12.4 Å². The molecule has 2 heteroatoms. The van der Waals surface area contributed by atoms with E-state index < -0.39 is 0 Å². The summed E-state index contributed by atoms with van der Waals surface area (Å²) in [6.45, 7) is 5.72. The van der Waals surface area contributed by atoms with Crippen molar-refractivity contribution in [3.05, 3.63) is 54.1 Å². The molecule has 0 saturated heterocycles. The van der Waals surface area contributed by atoms with E-state index in [1.807, 2.05) is 0 Å². The number of aromatic amines is 1. The molecule has 0 fully saturated rings. The quantitative estimate of drug-likeness (QED) is 0.331. The minimum absolute atomic E-state index is 0.693. The monoisotopic (exact) mass is 341 g/mol. The lowest BCUT2D eigenvalue weighted by Crippen LogP contribution is -2.37. The molecule has 1 aromatic carbocycles. The first-order chi connectivity index (χ1) is 12.3. The van der Waals surface area contributed by atoms with E-state index in [2.05, 4.69) is 66.1 Å². The smallest absolute Gasteiger partial charge is 0.247 e. The molecule has 1 heterocycles. The van der Waals surface area contributed by atoms with Crippen LogP contribution in [0.2, 0.25) is 0 Å². The molecule has 0 unspecified atom stereocenters. The Morgan fingerprint density at radius 1 is 0.880 bits per heavy atom. The minimum atomic E-state index is 0.693. The van der Waals surface area contributed by atoms with Gasteiger partial charge in [-0.25, -0.2) is 9.55 Å². The van der Waals surface area contributed by atoms with Gasteiger partial charge in [0.2, 0.25) is 0 Å². The summed E-state index contributed by atoms with van der Waals surface area (Å²) >= 11 is 0. The van der Waals surface area contributed by atoms with E-state index in [4.69, 9.17) is 0 Å². The second kappa shape index (κ2) is 11.9. The average molecular weight is 342 g/mol. The zero-order valence-electron chi connectivity index (χ0n) is 16.3. The molecular formula is C23H37N2+. The van der Waals surface area contributed by atoms with E-state index in [0.29, 0.717) is 5.92 Å². The SMILES string of the molecule is CCCCCCC[C@H](CCC)c1[nH]cc[n+]1CCCc1ccccc1. The molecule has 0 amide bonds. The Balaban J connectivity index is 1.85. The zero-order valence-corrected chi connectivity index (χ0v) is 16.3. The maximum atomic E-state index is 3.55. The molecule has 0 aliphatic rings. The first-order valence-electron chi connectivity index (χ1n) is 10.5. The predicted molar refractivity (Wildman–Crippen MR) is 107 cm³/mol. The van der Waals surface area contributed by atoms with E-state index in [0.717, 1.165) is 13.0 Å². The average Bonchev–Trinajstić information content (AvgIpc) is 3.10. The summed E-state index contributed by atoms with van der Waals surface area (Å²) in [5, 5.41) is 0. The van der Waals surface area contributed by atoms with Crippen LogP contribution in [-0.4, -0.2) is 4.98 Å². The number of benzene rings is 1. The van der Waals surface area contributed by atoms with Gasteiger partial charge >= 0.3 is 0 Å². The summed E-state index contributed by atoms with van der Waals surface area (Å²) in [5.41, 5.74) is 1.45. The van der Waals surface area contributed by atoms with Crippen LogP contribution >= 0.6 is 0 Å². The number of unbranched alkanes of at least 4 members (excludes halogenated alkanes) is 4. The van der Waals surface area contributed by atoms with Crippen molar-refractivity contribution in [3.8, 4) is 0 Å². The molecule has 2 rings (SSSR count). The minimum Gasteiger partial charge on any atom is -0.247 e. The fraction of sp³-hybridized carbons (Fsp3) is 0.609. The Morgan fingerprint density at radius 3 is 2.44 bits per heavy atom. The Morgan fingerprint density at radius 2 is 1.68 bits per heavy atom. The fourth-order valence-corrected chi connectivity index (χ4v) is 3.78. The standard InChI is InChI=1S/C23H36N2/c1-3-5-6-7-11-17-22(13-4-2)23-24-18-20-25(23)19-12-16-21-14-9-8-10-15-21/h8-10,14-15,18,20,22H,3-7,11-13,16-17,19H2,1-2H3/p+1/t22-/m0/s1. The van der Waals surface area contributed by atoms with Crippen molar-refractivity contribution in [1.29, 1.82) is 0 Å². The first kappa shape index (κ1) is 19.8. The molecule has 138 valence electrons. The van der Waals surface area contributed by atoms with Crippen LogP contribution in [0.5, 0.6) is 0 Å². The van der Waals surface area contributed by atoms with Gasteiger partial charge in [0.25, 0.3) is 5.82 Å². The molecule has 0 aliphatic heterocycles. The topological polar surface area (TPSA) is 19.7 Å². The highest BCUT2D eigenvalue weighted by atomic mass is 15.1. The Kier molecular flexibility index (Phi) is 9.40. The number of hydrogen-bond acceptors (Lipinski definition) is 0. The van der Waals surface area contributed by atoms with E-state index in [1.54, 1.807) is 0 Å². The van der Waals surface area contributed by atoms with E-state index in [1.165, 1.54) is 69.2 Å². The van der Waals surface area contributed by atoms with Crippen LogP contribution in [0.4, 0.5) is 0 Å². The molecule has 1 atom stereocenters. The lowest BCUT2D eigenvalue weighted by molar-refractivity contribution is -0.704. The Hall–Kier alpha value is -1.57. The summed E-state index contributed by atoms with van der Waals surface area (Å²) in [6, 6.07) is 10.8. The fourth-order valence-electron chi connectivity index (χ4n) is 3.78. The zero-order chi connectivity index (χ0) is 17.7. The van der Waals surface area contributed by atoms with Crippen molar-refractivity contribution in [2.75, 3.05) is 0 Å². The Bertz CT molecular complexity index is 558. The van der Waals surface area contributed by atoms with Crippen LogP contribution in [0.3, 0.4) is 0 Å². The van der Waals surface area contributed by atoms with Crippen molar-refractivity contribution in [1.82, 2.24) is 4.98 Å². The van der Waals surface area contributed by atoms with Crippen LogP contribution in [0.25, 0.3) is 0 Å². The molecule has 0 aliphatic carbocycles. The van der Waals surface area contributed by atoms with Crippen molar-refractivity contribution in [2.24, 2.45) is 0 Å². The molecule has 0 radical (unpaired) electrons. The highest BCUT2D eigenvalue weighted by molar-refractivity contribution is 5.14. The van der Waals surface area contributed by atoms with Crippen molar-refractivity contribution in [2.45, 2.75) is 90.5 Å². The number of H-pyrrole nitrogens is 1. The van der Waals surface area contributed by atoms with Crippen LogP contribution in [0.15, 0.2) is 42.7 Å². The third-order valence-corrected chi connectivity index (χ3v) is 5.18. The van der Waals surface area contributed by atoms with E-state index in [-0.39, 0.29) is 0 Å². The third-order valence-electron chi connectivity index (χ3n) is 5.18. The van der Waals surface area contributed by atoms with Gasteiger partial charge in [0.05, 0.1) is 12.5 Å². The largest absolute Gasteiger partial charge is 0.257 e. The second-order valence-electron chi connectivity index (χ2n) is 7.32. The lowest BCUT2D eigenvalue weighted by Gasteiger charge is -2.13. The van der Waals surface area contributed by atoms with Gasteiger partial charge in [-0.15, -0.1) is 0 Å². The number of imidazole rings is 1. The maximum Gasteiger partial charge on any atom is 0.257 e. The number of aryl methyl sites for hydroxylation is 2. The van der Waals surface area contributed by atoms with E-state index in [9.17, 15) is 0 Å². The van der Waals surface area contributed by atoms with Gasteiger partial charge in [-0.2, -0.15) is 0 Å². The number of rotatable bonds is 13. The van der Waals surface area contributed by atoms with Gasteiger partial charge < -0.3 is 0 Å². The molecule has 2 aromatic rings. The molecule has 2 nitrogen and oxygen atoms in total. The van der Waals surface area contributed by atoms with Gasteiger partial charge in [0, 0.05) is 0 Å². The Labute approximate surface area is 154 Å². The van der Waals surface area contributed by atoms with Crippen molar-refractivity contribution >= 4 is 0 Å². The van der Waals surface area contributed by atoms with E-state index >= 15 is 0 Å². The summed E-state index contributed by atoms with van der Waals surface area (Å²) in [7, 11) is 0. The number of nitrogens with one attached hydrogen (secondary N) is 1. The van der Waals surface area contributed by atoms with Gasteiger partial charge in [-0.1, -0.05) is 82.7 Å². The van der Waals surface area contributed by atoms with Crippen LogP contribution in [0, 0.1) is 0 Å². The molecule has 0 spiro atoms. The number of hydrogen-bond donors (Lipinski definition) is 1. The molecular weight excluding hydrogens is 304 g/mol. The van der Waals surface area contributed by atoms with Gasteiger partial charge in [0.15, 0.2) is 0 Å². The summed E-state index contributed by atoms with van der Waals surface area (Å²) in [4.78, 5) is 3.55. The highest BCUT2D eigenvalue weighted by Gasteiger charge is 2.21. The molecule has 1 aromatic heterocycles. The highest BCUT2D eigenvalue weighted by Crippen LogP contribution is 2.24. The molecule has 0 bridgehead atoms. The number of nitrogens with zero attached hydrogens (tertiary/aromatic N) is 1. The summed E-state index contributed by atoms with van der Waals surface area (Å²) in [6.07, 6.45) is 17.5. The lowest BCUT2D eigenvalue weighted by atomic mass is 9.95. The molecule has 25 heavy (non-hydrogen) atoms. The summed E-state index contributed by atoms with van der Waals surface area (Å²) in [5.74, 6) is 2.14. The van der Waals surface area contributed by atoms with Crippen LogP contribution in [0.1, 0.15) is 88.9 Å².